The number of ether oxygens (including phenoxy) is 1. The molecule has 0 bridgehead atoms. The normalized spacial score (nSPS) is 11.3. The molecule has 12 heavy (non-hydrogen) atoms. The molecule has 64 valence electrons. The van der Waals surface area contributed by atoms with E-state index in [-0.39, 0.29) is 5.90 Å². The van der Waals surface area contributed by atoms with E-state index < -0.39 is 6.67 Å². The Bertz CT molecular complexity index is 252. The van der Waals surface area contributed by atoms with Gasteiger partial charge in [-0.15, -0.1) is 0 Å². The van der Waals surface area contributed by atoms with Crippen molar-refractivity contribution in [3.05, 3.63) is 30.3 Å². The predicted molar refractivity (Wildman–Crippen MR) is 46.5 cm³/mol. The average Bonchev–Trinajstić information content (AvgIpc) is 2.16. The molecule has 0 aliphatic rings. The first-order chi connectivity index (χ1) is 5.86. The van der Waals surface area contributed by atoms with Gasteiger partial charge in [-0.3, -0.25) is 0 Å². The first-order valence-corrected chi connectivity index (χ1v) is 3.59. The number of alkyl halides is 1. The molecule has 1 aromatic carbocycles. The highest BCUT2D eigenvalue weighted by Gasteiger charge is 1.95. The van der Waals surface area contributed by atoms with Crippen LogP contribution in [0.15, 0.2) is 35.3 Å². The summed E-state index contributed by atoms with van der Waals surface area (Å²) in [5.41, 5.74) is 0.701. The van der Waals surface area contributed by atoms with E-state index in [1.54, 1.807) is 12.1 Å². The van der Waals surface area contributed by atoms with Gasteiger partial charge in [0.1, 0.15) is 0 Å². The SMILES string of the molecule is CO/C(CF)=N/c1ccccc1. The van der Waals surface area contributed by atoms with Crippen molar-refractivity contribution in [2.45, 2.75) is 0 Å². The van der Waals surface area contributed by atoms with Crippen molar-refractivity contribution < 1.29 is 9.13 Å². The zero-order valence-electron chi connectivity index (χ0n) is 6.83. The molecule has 1 aromatic rings. The van der Waals surface area contributed by atoms with Gasteiger partial charge < -0.3 is 4.74 Å². The summed E-state index contributed by atoms with van der Waals surface area (Å²) < 4.78 is 16.8. The summed E-state index contributed by atoms with van der Waals surface area (Å²) in [7, 11) is 1.40. The smallest absolute Gasteiger partial charge is 0.220 e. The molecule has 0 fully saturated rings. The van der Waals surface area contributed by atoms with Gasteiger partial charge >= 0.3 is 0 Å². The Hall–Kier alpha value is -1.38. The van der Waals surface area contributed by atoms with Gasteiger partial charge in [0.05, 0.1) is 12.8 Å². The monoisotopic (exact) mass is 167 g/mol. The van der Waals surface area contributed by atoms with E-state index in [0.29, 0.717) is 5.69 Å². The lowest BCUT2D eigenvalue weighted by Gasteiger charge is -1.98. The minimum Gasteiger partial charge on any atom is -0.482 e. The maximum Gasteiger partial charge on any atom is 0.220 e. The van der Waals surface area contributed by atoms with Crippen LogP contribution in [0.4, 0.5) is 10.1 Å². The number of benzene rings is 1. The molecule has 0 radical (unpaired) electrons. The fourth-order valence-electron chi connectivity index (χ4n) is 0.777. The predicted octanol–water partition coefficient (Wildman–Crippen LogP) is 2.33. The van der Waals surface area contributed by atoms with E-state index in [1.807, 2.05) is 18.2 Å². The van der Waals surface area contributed by atoms with Gasteiger partial charge in [0.25, 0.3) is 0 Å². The molecule has 0 unspecified atom stereocenters. The molecule has 0 amide bonds. The molecule has 2 nitrogen and oxygen atoms in total. The number of hydrogen-bond donors (Lipinski definition) is 0. The highest BCUT2D eigenvalue weighted by molar-refractivity contribution is 5.80. The highest BCUT2D eigenvalue weighted by atomic mass is 19.1. The highest BCUT2D eigenvalue weighted by Crippen LogP contribution is 2.10. The second kappa shape index (κ2) is 4.49. The summed E-state index contributed by atoms with van der Waals surface area (Å²) in [5, 5.41) is 0. The van der Waals surface area contributed by atoms with Crippen LogP contribution < -0.4 is 0 Å². The van der Waals surface area contributed by atoms with Crippen molar-refractivity contribution >= 4 is 11.6 Å². The zero-order valence-corrected chi connectivity index (χ0v) is 6.83. The van der Waals surface area contributed by atoms with Crippen molar-refractivity contribution in [2.75, 3.05) is 13.8 Å². The van der Waals surface area contributed by atoms with E-state index in [1.165, 1.54) is 7.11 Å². The topological polar surface area (TPSA) is 21.6 Å². The Balaban J connectivity index is 2.79. The van der Waals surface area contributed by atoms with Crippen LogP contribution in [-0.4, -0.2) is 19.7 Å². The van der Waals surface area contributed by atoms with Crippen molar-refractivity contribution in [1.82, 2.24) is 0 Å². The lowest BCUT2D eigenvalue weighted by atomic mass is 10.3. The second-order valence-corrected chi connectivity index (χ2v) is 2.18. The van der Waals surface area contributed by atoms with Crippen LogP contribution in [0.25, 0.3) is 0 Å². The molecule has 0 aliphatic heterocycles. The third kappa shape index (κ3) is 2.34. The second-order valence-electron chi connectivity index (χ2n) is 2.18. The van der Waals surface area contributed by atoms with Crippen LogP contribution in [-0.2, 0) is 4.74 Å². The van der Waals surface area contributed by atoms with E-state index in [9.17, 15) is 4.39 Å². The lowest BCUT2D eigenvalue weighted by Crippen LogP contribution is -2.02. The fourth-order valence-corrected chi connectivity index (χ4v) is 0.777. The van der Waals surface area contributed by atoms with Crippen molar-refractivity contribution in [3.8, 4) is 0 Å². The molecule has 0 heterocycles. The summed E-state index contributed by atoms with van der Waals surface area (Å²) in [5.74, 6) is 0.0983. The van der Waals surface area contributed by atoms with Gasteiger partial charge in [-0.2, -0.15) is 0 Å². The van der Waals surface area contributed by atoms with Crippen molar-refractivity contribution in [3.63, 3.8) is 0 Å². The third-order valence-electron chi connectivity index (χ3n) is 1.36. The van der Waals surface area contributed by atoms with E-state index in [0.717, 1.165) is 0 Å². The third-order valence-corrected chi connectivity index (χ3v) is 1.36. The van der Waals surface area contributed by atoms with Crippen LogP contribution in [0, 0.1) is 0 Å². The minimum absolute atomic E-state index is 0.0983. The Morgan fingerprint density at radius 2 is 2.08 bits per heavy atom. The fraction of sp³-hybridized carbons (Fsp3) is 0.222. The first-order valence-electron chi connectivity index (χ1n) is 3.59. The molecular formula is C9H10FNO. The first kappa shape index (κ1) is 8.71. The molecule has 0 N–H and O–H groups in total. The van der Waals surface area contributed by atoms with Crippen LogP contribution in [0.3, 0.4) is 0 Å². The molecule has 0 saturated heterocycles. The maximum absolute atomic E-state index is 12.1. The van der Waals surface area contributed by atoms with Crippen LogP contribution in [0.1, 0.15) is 0 Å². The zero-order chi connectivity index (χ0) is 8.81. The van der Waals surface area contributed by atoms with Gasteiger partial charge in [0, 0.05) is 0 Å². The van der Waals surface area contributed by atoms with E-state index in [4.69, 9.17) is 0 Å². The molecule has 1 rings (SSSR count). The van der Waals surface area contributed by atoms with Gasteiger partial charge in [0.15, 0.2) is 6.67 Å². The summed E-state index contributed by atoms with van der Waals surface area (Å²) >= 11 is 0. The van der Waals surface area contributed by atoms with Crippen molar-refractivity contribution in [1.29, 1.82) is 0 Å². The molecule has 0 aliphatic carbocycles. The quantitative estimate of drug-likeness (QED) is 0.489. The average molecular weight is 167 g/mol. The van der Waals surface area contributed by atoms with Crippen LogP contribution in [0.2, 0.25) is 0 Å². The number of methoxy groups -OCH3 is 1. The molecule has 0 atom stereocenters. The summed E-state index contributed by atoms with van der Waals surface area (Å²) in [6.45, 7) is -0.675. The number of para-hydroxylation sites is 1. The minimum atomic E-state index is -0.675. The van der Waals surface area contributed by atoms with Gasteiger partial charge in [-0.05, 0) is 12.1 Å². The number of hydrogen-bond acceptors (Lipinski definition) is 2. The number of rotatable bonds is 2. The van der Waals surface area contributed by atoms with Crippen LogP contribution >= 0.6 is 0 Å². The number of nitrogens with zero attached hydrogens (tertiary/aromatic N) is 1. The Morgan fingerprint density at radius 3 is 2.58 bits per heavy atom. The lowest BCUT2D eigenvalue weighted by molar-refractivity contribution is 0.370. The molecule has 3 heteroatoms. The number of aliphatic imine (C=N–C) groups is 1. The summed E-state index contributed by atoms with van der Waals surface area (Å²) in [6.07, 6.45) is 0. The summed E-state index contributed by atoms with van der Waals surface area (Å²) in [4.78, 5) is 3.92. The summed E-state index contributed by atoms with van der Waals surface area (Å²) in [6, 6.07) is 9.12. The van der Waals surface area contributed by atoms with E-state index in [2.05, 4.69) is 9.73 Å². The van der Waals surface area contributed by atoms with Gasteiger partial charge in [0.2, 0.25) is 5.90 Å². The van der Waals surface area contributed by atoms with Gasteiger partial charge in [-0.25, -0.2) is 9.38 Å². The molecule has 0 spiro atoms. The maximum atomic E-state index is 12.1. The van der Waals surface area contributed by atoms with E-state index >= 15 is 0 Å². The largest absolute Gasteiger partial charge is 0.482 e. The standard InChI is InChI=1S/C9H10FNO/c1-12-9(7-10)11-8-5-3-2-4-6-8/h2-6H,7H2,1H3/b11-9+. The Kier molecular flexibility index (Phi) is 3.26. The van der Waals surface area contributed by atoms with Crippen molar-refractivity contribution in [2.24, 2.45) is 4.99 Å². The Morgan fingerprint density at radius 1 is 1.42 bits per heavy atom. The Labute approximate surface area is 70.7 Å². The number of halogens is 1. The molecule has 0 saturated carbocycles. The van der Waals surface area contributed by atoms with Gasteiger partial charge in [-0.1, -0.05) is 18.2 Å². The molecular weight excluding hydrogens is 157 g/mol. The van der Waals surface area contributed by atoms with Crippen LogP contribution in [0.5, 0.6) is 0 Å². The molecule has 0 aromatic heterocycles.